The van der Waals surface area contributed by atoms with Crippen LogP contribution in [0.25, 0.3) is 0 Å². The maximum Gasteiger partial charge on any atom is 0.244 e. The molecule has 0 saturated carbocycles. The number of hydrogen-bond acceptors (Lipinski definition) is 4. The highest BCUT2D eigenvalue weighted by molar-refractivity contribution is 7.92. The van der Waals surface area contributed by atoms with Crippen molar-refractivity contribution in [2.75, 3.05) is 17.1 Å². The lowest BCUT2D eigenvalue weighted by Gasteiger charge is -2.32. The van der Waals surface area contributed by atoms with Crippen LogP contribution < -0.4 is 9.62 Å². The Morgan fingerprint density at radius 1 is 0.939 bits per heavy atom. The summed E-state index contributed by atoms with van der Waals surface area (Å²) >= 11 is 18.8. The minimum Gasteiger partial charge on any atom is -0.352 e. The molecule has 7 nitrogen and oxygen atoms in total. The third-order valence-corrected chi connectivity index (χ3v) is 6.94. The van der Waals surface area contributed by atoms with E-state index in [4.69, 9.17) is 34.8 Å². The second-order valence-corrected chi connectivity index (χ2v) is 10.9. The molecule has 0 unspecified atom stereocenters. The summed E-state index contributed by atoms with van der Waals surface area (Å²) < 4.78 is 26.0. The first-order valence-electron chi connectivity index (χ1n) is 10.1. The summed E-state index contributed by atoms with van der Waals surface area (Å²) in [5.74, 6) is -1.02. The maximum absolute atomic E-state index is 13.5. The predicted molar refractivity (Wildman–Crippen MR) is 133 cm³/mol. The van der Waals surface area contributed by atoms with Crippen LogP contribution in [-0.4, -0.2) is 50.0 Å². The first-order chi connectivity index (χ1) is 15.3. The number of carbonyl (C=O) groups excluding carboxylic acids is 2. The summed E-state index contributed by atoms with van der Waals surface area (Å²) in [5, 5.41) is 3.58. The zero-order chi connectivity index (χ0) is 24.9. The van der Waals surface area contributed by atoms with E-state index in [2.05, 4.69) is 5.32 Å². The van der Waals surface area contributed by atoms with Crippen LogP contribution in [0.1, 0.15) is 26.3 Å². The Bertz CT molecular complexity index is 1110. The zero-order valence-electron chi connectivity index (χ0n) is 18.7. The van der Waals surface area contributed by atoms with Gasteiger partial charge in [0.2, 0.25) is 21.8 Å². The van der Waals surface area contributed by atoms with Crippen LogP contribution in [0.15, 0.2) is 42.5 Å². The van der Waals surface area contributed by atoms with Gasteiger partial charge in [-0.15, -0.1) is 0 Å². The van der Waals surface area contributed by atoms with Crippen molar-refractivity contribution in [3.63, 3.8) is 0 Å². The van der Waals surface area contributed by atoms with Crippen molar-refractivity contribution in [1.29, 1.82) is 0 Å². The van der Waals surface area contributed by atoms with Crippen LogP contribution in [0.3, 0.4) is 0 Å². The molecule has 11 heteroatoms. The molecule has 2 aromatic rings. The molecule has 0 aliphatic carbocycles. The molecule has 33 heavy (non-hydrogen) atoms. The summed E-state index contributed by atoms with van der Waals surface area (Å²) in [4.78, 5) is 27.4. The van der Waals surface area contributed by atoms with Gasteiger partial charge in [0.25, 0.3) is 0 Å². The van der Waals surface area contributed by atoms with Crippen molar-refractivity contribution < 1.29 is 18.0 Å². The molecule has 1 atom stereocenters. The molecule has 0 fully saturated rings. The van der Waals surface area contributed by atoms with Crippen molar-refractivity contribution >= 4 is 62.3 Å². The first-order valence-corrected chi connectivity index (χ1v) is 13.1. The maximum atomic E-state index is 13.5. The lowest BCUT2D eigenvalue weighted by Crippen LogP contribution is -2.52. The average Bonchev–Trinajstić information content (AvgIpc) is 2.70. The lowest BCUT2D eigenvalue weighted by atomic mass is 10.1. The molecule has 2 amide bonds. The number of amides is 2. The fourth-order valence-corrected chi connectivity index (χ4v) is 4.76. The van der Waals surface area contributed by atoms with E-state index >= 15 is 0 Å². The second kappa shape index (κ2) is 11.4. The van der Waals surface area contributed by atoms with Gasteiger partial charge in [-0.2, -0.15) is 0 Å². The van der Waals surface area contributed by atoms with Crippen LogP contribution in [0.2, 0.25) is 15.1 Å². The standard InChI is InChI=1S/C22H26Cl3N3O4S/c1-14(2)26-22(30)15(3)27(12-16-17(23)9-7-10-18(16)24)21(29)13-28(33(4,31)32)20-11-6-5-8-19(20)25/h5-11,14-15H,12-13H2,1-4H3,(H,26,30)/t15-/m1/s1. The quantitative estimate of drug-likeness (QED) is 0.518. The highest BCUT2D eigenvalue weighted by Gasteiger charge is 2.31. The second-order valence-electron chi connectivity index (χ2n) is 7.78. The van der Waals surface area contributed by atoms with E-state index in [1.165, 1.54) is 17.0 Å². The van der Waals surface area contributed by atoms with Crippen LogP contribution >= 0.6 is 34.8 Å². The SMILES string of the molecule is CC(C)NC(=O)[C@@H](C)N(Cc1c(Cl)cccc1Cl)C(=O)CN(c1ccccc1Cl)S(C)(=O)=O. The van der Waals surface area contributed by atoms with Gasteiger partial charge in [-0.25, -0.2) is 8.42 Å². The molecule has 2 rings (SSSR count). The third kappa shape index (κ3) is 7.24. The molecule has 0 saturated heterocycles. The number of benzene rings is 2. The summed E-state index contributed by atoms with van der Waals surface area (Å²) in [6.07, 6.45) is 0.980. The number of nitrogens with one attached hydrogen (secondary N) is 1. The fourth-order valence-electron chi connectivity index (χ4n) is 3.09. The molecule has 0 heterocycles. The first kappa shape index (κ1) is 27.2. The normalized spacial score (nSPS) is 12.4. The van der Waals surface area contributed by atoms with E-state index in [9.17, 15) is 18.0 Å². The van der Waals surface area contributed by atoms with Crippen LogP contribution in [0.5, 0.6) is 0 Å². The number of halogens is 3. The van der Waals surface area contributed by atoms with Crippen molar-refractivity contribution in [3.05, 3.63) is 63.1 Å². The van der Waals surface area contributed by atoms with Gasteiger partial charge in [-0.3, -0.25) is 13.9 Å². The van der Waals surface area contributed by atoms with E-state index in [-0.39, 0.29) is 23.3 Å². The largest absolute Gasteiger partial charge is 0.352 e. The van der Waals surface area contributed by atoms with E-state index in [1.54, 1.807) is 51.1 Å². The number of carbonyl (C=O) groups is 2. The predicted octanol–water partition coefficient (Wildman–Crippen LogP) is 4.35. The fraction of sp³-hybridized carbons (Fsp3) is 0.364. The van der Waals surface area contributed by atoms with Gasteiger partial charge in [0, 0.05) is 28.2 Å². The number of anilines is 1. The van der Waals surface area contributed by atoms with Crippen molar-refractivity contribution in [2.45, 2.75) is 39.4 Å². The van der Waals surface area contributed by atoms with Crippen LogP contribution in [0.4, 0.5) is 5.69 Å². The van der Waals surface area contributed by atoms with Crippen molar-refractivity contribution in [3.8, 4) is 0 Å². The summed E-state index contributed by atoms with van der Waals surface area (Å²) in [6, 6.07) is 10.1. The third-order valence-electron chi connectivity index (χ3n) is 4.79. The highest BCUT2D eigenvalue weighted by atomic mass is 35.5. The molecule has 0 aliphatic heterocycles. The van der Waals surface area contributed by atoms with Gasteiger partial charge < -0.3 is 10.2 Å². The minimum atomic E-state index is -3.87. The van der Waals surface area contributed by atoms with E-state index in [0.717, 1.165) is 10.6 Å². The Balaban J connectivity index is 2.47. The minimum absolute atomic E-state index is 0.0931. The van der Waals surface area contributed by atoms with Gasteiger partial charge >= 0.3 is 0 Å². The Morgan fingerprint density at radius 2 is 1.48 bits per heavy atom. The average molecular weight is 535 g/mol. The Labute approximate surface area is 209 Å². The van der Waals surface area contributed by atoms with Gasteiger partial charge in [0.1, 0.15) is 12.6 Å². The summed E-state index contributed by atoms with van der Waals surface area (Å²) in [7, 11) is -3.87. The molecular formula is C22H26Cl3N3O4S. The monoisotopic (exact) mass is 533 g/mol. The number of nitrogens with zero attached hydrogens (tertiary/aromatic N) is 2. The topological polar surface area (TPSA) is 86.8 Å². The van der Waals surface area contributed by atoms with Gasteiger partial charge in [-0.05, 0) is 45.0 Å². The summed E-state index contributed by atoms with van der Waals surface area (Å²) in [6.45, 7) is 4.49. The highest BCUT2D eigenvalue weighted by Crippen LogP contribution is 2.29. The molecular weight excluding hydrogens is 509 g/mol. The van der Waals surface area contributed by atoms with Gasteiger partial charge in [0.05, 0.1) is 17.0 Å². The van der Waals surface area contributed by atoms with Crippen LogP contribution in [0, 0.1) is 0 Å². The van der Waals surface area contributed by atoms with Gasteiger partial charge in [-0.1, -0.05) is 53.0 Å². The molecule has 0 aliphatic rings. The van der Waals surface area contributed by atoms with Crippen LogP contribution in [-0.2, 0) is 26.2 Å². The smallest absolute Gasteiger partial charge is 0.244 e. The lowest BCUT2D eigenvalue weighted by molar-refractivity contribution is -0.139. The molecule has 1 N–H and O–H groups in total. The number of para-hydroxylation sites is 1. The van der Waals surface area contributed by atoms with E-state index < -0.39 is 34.4 Å². The zero-order valence-corrected chi connectivity index (χ0v) is 21.8. The Hall–Kier alpha value is -2.00. The molecule has 0 spiro atoms. The van der Waals surface area contributed by atoms with E-state index in [1.807, 2.05) is 0 Å². The Morgan fingerprint density at radius 3 is 2.00 bits per heavy atom. The van der Waals surface area contributed by atoms with E-state index in [0.29, 0.717) is 15.6 Å². The Kier molecular flexibility index (Phi) is 9.43. The van der Waals surface area contributed by atoms with Crippen molar-refractivity contribution in [2.24, 2.45) is 0 Å². The van der Waals surface area contributed by atoms with Gasteiger partial charge in [0.15, 0.2) is 0 Å². The number of sulfonamides is 1. The molecule has 180 valence electrons. The number of rotatable bonds is 9. The molecule has 0 bridgehead atoms. The summed E-state index contributed by atoms with van der Waals surface area (Å²) in [5.41, 5.74) is 0.604. The molecule has 0 radical (unpaired) electrons. The molecule has 2 aromatic carbocycles. The number of hydrogen-bond donors (Lipinski definition) is 1. The van der Waals surface area contributed by atoms with Crippen molar-refractivity contribution in [1.82, 2.24) is 10.2 Å². The molecule has 0 aromatic heterocycles.